The van der Waals surface area contributed by atoms with Gasteiger partial charge in [0.15, 0.2) is 0 Å². The Bertz CT molecular complexity index is 123. The molecule has 0 aliphatic rings. The smallest absolute Gasteiger partial charge is 0.293 e. The SMILES string of the molecule is CC[C@@H](C)CCCC(C)COC=O. The first kappa shape index (κ1) is 12.5. The third kappa shape index (κ3) is 7.82. The van der Waals surface area contributed by atoms with Crippen LogP contribution >= 0.6 is 0 Å². The summed E-state index contributed by atoms with van der Waals surface area (Å²) >= 11 is 0. The number of carbonyl (C=O) groups is 1. The molecule has 0 aromatic carbocycles. The molecule has 1 unspecified atom stereocenters. The molecule has 13 heavy (non-hydrogen) atoms. The molecule has 0 saturated heterocycles. The average Bonchev–Trinajstić information content (AvgIpc) is 2.14. The molecule has 2 atom stereocenters. The first-order chi connectivity index (χ1) is 6.20. The summed E-state index contributed by atoms with van der Waals surface area (Å²) in [6, 6.07) is 0. The molecule has 0 radical (unpaired) electrons. The normalized spacial score (nSPS) is 15.0. The van der Waals surface area contributed by atoms with Gasteiger partial charge >= 0.3 is 0 Å². The van der Waals surface area contributed by atoms with Crippen LogP contribution in [0.15, 0.2) is 0 Å². The van der Waals surface area contributed by atoms with Gasteiger partial charge in [-0.25, -0.2) is 0 Å². The monoisotopic (exact) mass is 186 g/mol. The second-order valence-corrected chi connectivity index (χ2v) is 3.98. The molecule has 0 aliphatic heterocycles. The number of ether oxygens (including phenoxy) is 1. The lowest BCUT2D eigenvalue weighted by Crippen LogP contribution is -2.05. The zero-order chi connectivity index (χ0) is 10.1. The quantitative estimate of drug-likeness (QED) is 0.545. The largest absolute Gasteiger partial charge is 0.468 e. The molecule has 0 rings (SSSR count). The molecule has 0 aliphatic carbocycles. The molecule has 2 heteroatoms. The van der Waals surface area contributed by atoms with E-state index in [4.69, 9.17) is 4.74 Å². The van der Waals surface area contributed by atoms with E-state index in [1.807, 2.05) is 0 Å². The maximum absolute atomic E-state index is 9.92. The van der Waals surface area contributed by atoms with Crippen molar-refractivity contribution >= 4 is 6.47 Å². The highest BCUT2D eigenvalue weighted by Crippen LogP contribution is 2.14. The average molecular weight is 186 g/mol. The fourth-order valence-electron chi connectivity index (χ4n) is 1.31. The molecule has 0 bridgehead atoms. The Balaban J connectivity index is 3.25. The van der Waals surface area contributed by atoms with Gasteiger partial charge in [0.2, 0.25) is 0 Å². The highest BCUT2D eigenvalue weighted by atomic mass is 16.5. The molecule has 78 valence electrons. The zero-order valence-corrected chi connectivity index (χ0v) is 9.08. The van der Waals surface area contributed by atoms with Crippen LogP contribution in [-0.2, 0) is 9.53 Å². The summed E-state index contributed by atoms with van der Waals surface area (Å²) in [6.45, 7) is 7.74. The van der Waals surface area contributed by atoms with Crippen molar-refractivity contribution in [3.05, 3.63) is 0 Å². The van der Waals surface area contributed by atoms with Gasteiger partial charge in [0.25, 0.3) is 6.47 Å². The van der Waals surface area contributed by atoms with Gasteiger partial charge in [-0.3, -0.25) is 4.79 Å². The summed E-state index contributed by atoms with van der Waals surface area (Å²) in [4.78, 5) is 9.92. The topological polar surface area (TPSA) is 26.3 Å². The van der Waals surface area contributed by atoms with Gasteiger partial charge in [0, 0.05) is 0 Å². The molecular weight excluding hydrogens is 164 g/mol. The van der Waals surface area contributed by atoms with Gasteiger partial charge in [0.05, 0.1) is 6.61 Å². The fourth-order valence-corrected chi connectivity index (χ4v) is 1.31. The first-order valence-corrected chi connectivity index (χ1v) is 5.25. The second kappa shape index (κ2) is 8.09. The molecule has 0 heterocycles. The highest BCUT2D eigenvalue weighted by molar-refractivity contribution is 5.36. The van der Waals surface area contributed by atoms with E-state index in [9.17, 15) is 4.79 Å². The molecule has 2 nitrogen and oxygen atoms in total. The first-order valence-electron chi connectivity index (χ1n) is 5.25. The molecule has 0 fully saturated rings. The van der Waals surface area contributed by atoms with E-state index in [0.29, 0.717) is 19.0 Å². The Morgan fingerprint density at radius 2 is 1.85 bits per heavy atom. The molecule has 0 spiro atoms. The van der Waals surface area contributed by atoms with Gasteiger partial charge in [-0.2, -0.15) is 0 Å². The van der Waals surface area contributed by atoms with Crippen LogP contribution in [0.25, 0.3) is 0 Å². The van der Waals surface area contributed by atoms with E-state index in [0.717, 1.165) is 12.3 Å². The lowest BCUT2D eigenvalue weighted by atomic mass is 9.97. The van der Waals surface area contributed by atoms with Crippen molar-refractivity contribution in [1.82, 2.24) is 0 Å². The number of hydrogen-bond donors (Lipinski definition) is 0. The van der Waals surface area contributed by atoms with Gasteiger partial charge in [-0.05, 0) is 18.3 Å². The molecule has 0 amide bonds. The van der Waals surface area contributed by atoms with E-state index in [-0.39, 0.29) is 0 Å². The van der Waals surface area contributed by atoms with Crippen LogP contribution in [0, 0.1) is 11.8 Å². The zero-order valence-electron chi connectivity index (χ0n) is 9.08. The Hall–Kier alpha value is -0.530. The summed E-state index contributed by atoms with van der Waals surface area (Å²) in [5.41, 5.74) is 0. The molecule has 0 aromatic rings. The summed E-state index contributed by atoms with van der Waals surface area (Å²) in [6.07, 6.45) is 4.97. The molecular formula is C11H22O2. The maximum atomic E-state index is 9.92. The summed E-state index contributed by atoms with van der Waals surface area (Å²) < 4.78 is 4.70. The van der Waals surface area contributed by atoms with Crippen LogP contribution in [0.1, 0.15) is 46.5 Å². The van der Waals surface area contributed by atoms with Crippen LogP contribution in [0.3, 0.4) is 0 Å². The third-order valence-corrected chi connectivity index (χ3v) is 2.54. The Morgan fingerprint density at radius 1 is 1.23 bits per heavy atom. The minimum absolute atomic E-state index is 0.509. The van der Waals surface area contributed by atoms with Crippen molar-refractivity contribution in [2.24, 2.45) is 11.8 Å². The van der Waals surface area contributed by atoms with E-state index < -0.39 is 0 Å². The third-order valence-electron chi connectivity index (χ3n) is 2.54. The van der Waals surface area contributed by atoms with Gasteiger partial charge in [0.1, 0.15) is 0 Å². The van der Waals surface area contributed by atoms with Crippen molar-refractivity contribution in [2.75, 3.05) is 6.61 Å². The second-order valence-electron chi connectivity index (χ2n) is 3.98. The molecule has 0 saturated carbocycles. The summed E-state index contributed by atoms with van der Waals surface area (Å²) in [5.74, 6) is 1.34. The number of hydrogen-bond acceptors (Lipinski definition) is 2. The minimum atomic E-state index is 0.509. The van der Waals surface area contributed by atoms with Crippen LogP contribution in [0.2, 0.25) is 0 Å². The highest BCUT2D eigenvalue weighted by Gasteiger charge is 2.04. The fraction of sp³-hybridized carbons (Fsp3) is 0.909. The maximum Gasteiger partial charge on any atom is 0.293 e. The van der Waals surface area contributed by atoms with Crippen LogP contribution < -0.4 is 0 Å². The molecule has 0 aromatic heterocycles. The molecule has 0 N–H and O–H groups in total. The van der Waals surface area contributed by atoms with E-state index in [1.54, 1.807) is 0 Å². The summed E-state index contributed by atoms with van der Waals surface area (Å²) in [5, 5.41) is 0. The van der Waals surface area contributed by atoms with Gasteiger partial charge < -0.3 is 4.74 Å². The number of carbonyl (C=O) groups excluding carboxylic acids is 1. The van der Waals surface area contributed by atoms with Gasteiger partial charge in [-0.15, -0.1) is 0 Å². The predicted octanol–water partition coefficient (Wildman–Crippen LogP) is 3.01. The van der Waals surface area contributed by atoms with Crippen LogP contribution in [0.4, 0.5) is 0 Å². The Labute approximate surface area is 81.7 Å². The van der Waals surface area contributed by atoms with E-state index in [1.165, 1.54) is 19.3 Å². The van der Waals surface area contributed by atoms with Crippen LogP contribution in [0.5, 0.6) is 0 Å². The van der Waals surface area contributed by atoms with Crippen molar-refractivity contribution in [1.29, 1.82) is 0 Å². The minimum Gasteiger partial charge on any atom is -0.468 e. The van der Waals surface area contributed by atoms with Crippen molar-refractivity contribution in [2.45, 2.75) is 46.5 Å². The van der Waals surface area contributed by atoms with Gasteiger partial charge in [-0.1, -0.05) is 40.0 Å². The van der Waals surface area contributed by atoms with Crippen molar-refractivity contribution < 1.29 is 9.53 Å². The number of rotatable bonds is 8. The predicted molar refractivity (Wildman–Crippen MR) is 54.5 cm³/mol. The Morgan fingerprint density at radius 3 is 2.38 bits per heavy atom. The lowest BCUT2D eigenvalue weighted by molar-refractivity contribution is -0.129. The van der Waals surface area contributed by atoms with E-state index in [2.05, 4.69) is 20.8 Å². The van der Waals surface area contributed by atoms with E-state index >= 15 is 0 Å². The van der Waals surface area contributed by atoms with Crippen LogP contribution in [-0.4, -0.2) is 13.1 Å². The van der Waals surface area contributed by atoms with Crippen molar-refractivity contribution in [3.8, 4) is 0 Å². The summed E-state index contributed by atoms with van der Waals surface area (Å²) in [7, 11) is 0. The Kier molecular flexibility index (Phi) is 7.76. The van der Waals surface area contributed by atoms with Crippen molar-refractivity contribution in [3.63, 3.8) is 0 Å². The standard InChI is InChI=1S/C11H22O2/c1-4-10(2)6-5-7-11(3)8-13-9-12/h9-11H,4-8H2,1-3H3/t10-,11?/m1/s1. The lowest BCUT2D eigenvalue weighted by Gasteiger charge is -2.11.